The lowest BCUT2D eigenvalue weighted by Gasteiger charge is -2.10. The van der Waals surface area contributed by atoms with Crippen molar-refractivity contribution < 1.29 is 9.53 Å². The molecule has 0 aliphatic rings. The number of benzene rings is 1. The van der Waals surface area contributed by atoms with E-state index in [1.807, 2.05) is 0 Å². The monoisotopic (exact) mass is 410 g/mol. The molecule has 1 amide bonds. The Bertz CT molecular complexity index is 677. The van der Waals surface area contributed by atoms with Crippen LogP contribution in [0.25, 0.3) is 0 Å². The third-order valence-corrected chi connectivity index (χ3v) is 4.28. The van der Waals surface area contributed by atoms with Crippen LogP contribution in [0.2, 0.25) is 5.15 Å². The first-order chi connectivity index (χ1) is 11.6. The molecule has 1 heterocycles. The van der Waals surface area contributed by atoms with Gasteiger partial charge in [-0.25, -0.2) is 4.98 Å². The summed E-state index contributed by atoms with van der Waals surface area (Å²) in [7, 11) is 0. The number of carbonyl (C=O) groups excluding carboxylic acids is 1. The highest BCUT2D eigenvalue weighted by Crippen LogP contribution is 2.26. The van der Waals surface area contributed by atoms with Gasteiger partial charge in [0.05, 0.1) is 23.0 Å². The highest BCUT2D eigenvalue weighted by Gasteiger charge is 2.10. The lowest BCUT2D eigenvalue weighted by atomic mass is 10.2. The topological polar surface area (TPSA) is 51.2 Å². The molecule has 1 aromatic heterocycles. The van der Waals surface area contributed by atoms with Crippen LogP contribution < -0.4 is 10.1 Å². The fourth-order valence-electron chi connectivity index (χ4n) is 2.12. The van der Waals surface area contributed by atoms with E-state index in [-0.39, 0.29) is 5.91 Å². The standard InChI is InChI=1S/C18H20BrClN2O2/c1-2-3-4-5-10-24-16-8-6-13(11-15(16)19)18(23)22-14-7-9-17(20)21-12-14/h6-9,11-12H,2-5,10H2,1H3,(H,22,23). The van der Waals surface area contributed by atoms with Crippen molar-refractivity contribution in [3.8, 4) is 5.75 Å². The summed E-state index contributed by atoms with van der Waals surface area (Å²) in [5.41, 5.74) is 1.13. The number of carbonyl (C=O) groups is 1. The van der Waals surface area contributed by atoms with Crippen molar-refractivity contribution in [3.63, 3.8) is 0 Å². The first-order valence-electron chi connectivity index (χ1n) is 7.95. The van der Waals surface area contributed by atoms with Crippen LogP contribution >= 0.6 is 27.5 Å². The maximum absolute atomic E-state index is 12.3. The fraction of sp³-hybridized carbons (Fsp3) is 0.333. The van der Waals surface area contributed by atoms with Crippen molar-refractivity contribution >= 4 is 39.1 Å². The number of pyridine rings is 1. The third kappa shape index (κ3) is 5.80. The number of aromatic nitrogens is 1. The van der Waals surface area contributed by atoms with E-state index in [1.54, 1.807) is 30.3 Å². The molecule has 0 saturated carbocycles. The van der Waals surface area contributed by atoms with Gasteiger partial charge in [-0.2, -0.15) is 0 Å². The molecule has 0 unspecified atom stereocenters. The lowest BCUT2D eigenvalue weighted by molar-refractivity contribution is 0.102. The molecule has 6 heteroatoms. The maximum atomic E-state index is 12.3. The Morgan fingerprint density at radius 2 is 2.08 bits per heavy atom. The largest absolute Gasteiger partial charge is 0.492 e. The summed E-state index contributed by atoms with van der Waals surface area (Å²) in [5.74, 6) is 0.533. The molecule has 2 aromatic rings. The Hall–Kier alpha value is -1.59. The minimum atomic E-state index is -0.214. The number of anilines is 1. The van der Waals surface area contributed by atoms with E-state index in [9.17, 15) is 4.79 Å². The Morgan fingerprint density at radius 1 is 1.25 bits per heavy atom. The molecule has 1 aromatic carbocycles. The number of halogens is 2. The Balaban J connectivity index is 1.92. The average molecular weight is 412 g/mol. The molecular formula is C18H20BrClN2O2. The van der Waals surface area contributed by atoms with Crippen LogP contribution in [0.5, 0.6) is 5.75 Å². The average Bonchev–Trinajstić information content (AvgIpc) is 2.58. The summed E-state index contributed by atoms with van der Waals surface area (Å²) in [4.78, 5) is 16.2. The van der Waals surface area contributed by atoms with Crippen LogP contribution in [0.4, 0.5) is 5.69 Å². The summed E-state index contributed by atoms with van der Waals surface area (Å²) in [6.07, 6.45) is 6.15. The number of rotatable bonds is 8. The highest BCUT2D eigenvalue weighted by molar-refractivity contribution is 9.10. The quantitative estimate of drug-likeness (QED) is 0.447. The normalized spacial score (nSPS) is 10.5. The Kier molecular flexibility index (Phi) is 7.53. The summed E-state index contributed by atoms with van der Waals surface area (Å²) < 4.78 is 6.51. The van der Waals surface area contributed by atoms with Gasteiger partial charge in [0, 0.05) is 5.56 Å². The fourth-order valence-corrected chi connectivity index (χ4v) is 2.73. The van der Waals surface area contributed by atoms with Gasteiger partial charge >= 0.3 is 0 Å². The molecule has 24 heavy (non-hydrogen) atoms. The van der Waals surface area contributed by atoms with E-state index in [4.69, 9.17) is 16.3 Å². The van der Waals surface area contributed by atoms with Crippen molar-refractivity contribution in [1.29, 1.82) is 0 Å². The summed E-state index contributed by atoms with van der Waals surface area (Å²) in [5, 5.41) is 3.16. The van der Waals surface area contributed by atoms with Gasteiger partial charge in [-0.05, 0) is 52.7 Å². The van der Waals surface area contributed by atoms with Crippen LogP contribution in [0.3, 0.4) is 0 Å². The molecule has 0 aliphatic carbocycles. The van der Waals surface area contributed by atoms with Crippen molar-refractivity contribution in [2.45, 2.75) is 32.6 Å². The first kappa shape index (κ1) is 18.7. The predicted molar refractivity (Wildman–Crippen MR) is 101 cm³/mol. The first-order valence-corrected chi connectivity index (χ1v) is 9.12. The van der Waals surface area contributed by atoms with Crippen LogP contribution in [-0.2, 0) is 0 Å². The minimum absolute atomic E-state index is 0.214. The number of nitrogens with zero attached hydrogens (tertiary/aromatic N) is 1. The second-order valence-electron chi connectivity index (χ2n) is 5.38. The van der Waals surface area contributed by atoms with E-state index < -0.39 is 0 Å². The van der Waals surface area contributed by atoms with Gasteiger partial charge in [-0.3, -0.25) is 4.79 Å². The van der Waals surface area contributed by atoms with Gasteiger partial charge in [-0.15, -0.1) is 0 Å². The van der Waals surface area contributed by atoms with Crippen LogP contribution in [0.15, 0.2) is 41.0 Å². The van der Waals surface area contributed by atoms with E-state index in [0.29, 0.717) is 23.0 Å². The second-order valence-corrected chi connectivity index (χ2v) is 6.62. The number of hydrogen-bond donors (Lipinski definition) is 1. The maximum Gasteiger partial charge on any atom is 0.255 e. The zero-order valence-electron chi connectivity index (χ0n) is 13.5. The number of hydrogen-bond acceptors (Lipinski definition) is 3. The molecule has 0 spiro atoms. The molecular weight excluding hydrogens is 392 g/mol. The zero-order chi connectivity index (χ0) is 17.4. The minimum Gasteiger partial charge on any atom is -0.492 e. The molecule has 0 fully saturated rings. The van der Waals surface area contributed by atoms with Gasteiger partial charge in [0.15, 0.2) is 0 Å². The van der Waals surface area contributed by atoms with E-state index >= 15 is 0 Å². The number of unbranched alkanes of at least 4 members (excludes halogenated alkanes) is 3. The van der Waals surface area contributed by atoms with Crippen molar-refractivity contribution in [3.05, 3.63) is 51.7 Å². The zero-order valence-corrected chi connectivity index (χ0v) is 15.9. The predicted octanol–water partition coefficient (Wildman–Crippen LogP) is 5.71. The van der Waals surface area contributed by atoms with Gasteiger partial charge in [0.1, 0.15) is 10.9 Å². The molecule has 128 valence electrons. The molecule has 0 radical (unpaired) electrons. The molecule has 2 rings (SSSR count). The van der Waals surface area contributed by atoms with Crippen molar-refractivity contribution in [2.75, 3.05) is 11.9 Å². The van der Waals surface area contributed by atoms with Crippen molar-refractivity contribution in [2.24, 2.45) is 0 Å². The molecule has 0 atom stereocenters. The molecule has 4 nitrogen and oxygen atoms in total. The molecule has 1 N–H and O–H groups in total. The summed E-state index contributed by atoms with van der Waals surface area (Å²) >= 11 is 9.19. The van der Waals surface area contributed by atoms with E-state index in [2.05, 4.69) is 33.2 Å². The summed E-state index contributed by atoms with van der Waals surface area (Å²) in [6.45, 7) is 2.86. The lowest BCUT2D eigenvalue weighted by Crippen LogP contribution is -2.12. The van der Waals surface area contributed by atoms with Gasteiger partial charge in [0.2, 0.25) is 0 Å². The molecule has 0 aliphatic heterocycles. The highest BCUT2D eigenvalue weighted by atomic mass is 79.9. The van der Waals surface area contributed by atoms with Gasteiger partial charge in [0.25, 0.3) is 5.91 Å². The van der Waals surface area contributed by atoms with Gasteiger partial charge < -0.3 is 10.1 Å². The van der Waals surface area contributed by atoms with E-state index in [0.717, 1.165) is 16.6 Å². The number of nitrogens with one attached hydrogen (secondary N) is 1. The van der Waals surface area contributed by atoms with Crippen molar-refractivity contribution in [1.82, 2.24) is 4.98 Å². The Labute approximate surface area is 155 Å². The van der Waals surface area contributed by atoms with Gasteiger partial charge in [-0.1, -0.05) is 37.8 Å². The SMILES string of the molecule is CCCCCCOc1ccc(C(=O)Nc2ccc(Cl)nc2)cc1Br. The van der Waals surface area contributed by atoms with Crippen LogP contribution in [0, 0.1) is 0 Å². The molecule has 0 bridgehead atoms. The third-order valence-electron chi connectivity index (χ3n) is 3.43. The number of amides is 1. The smallest absolute Gasteiger partial charge is 0.255 e. The summed E-state index contributed by atoms with van der Waals surface area (Å²) in [6, 6.07) is 8.63. The van der Waals surface area contributed by atoms with E-state index in [1.165, 1.54) is 25.5 Å². The Morgan fingerprint density at radius 3 is 2.75 bits per heavy atom. The number of ether oxygens (including phenoxy) is 1. The second kappa shape index (κ2) is 9.64. The van der Waals surface area contributed by atoms with Crippen LogP contribution in [0.1, 0.15) is 43.0 Å². The van der Waals surface area contributed by atoms with Crippen LogP contribution in [-0.4, -0.2) is 17.5 Å². The molecule has 0 saturated heterocycles.